The summed E-state index contributed by atoms with van der Waals surface area (Å²) in [5, 5.41) is 11.4. The molecule has 1 amide bonds. The maximum atomic E-state index is 13.4. The number of nitrogens with zero attached hydrogens (tertiary/aromatic N) is 2. The number of aliphatic hydroxyl groups excluding tert-OH is 1. The van der Waals surface area contributed by atoms with E-state index >= 15 is 0 Å². The third-order valence-electron chi connectivity index (χ3n) is 6.70. The number of morpholine rings is 1. The number of amides is 1. The molecule has 2 aliphatic heterocycles. The predicted octanol–water partition coefficient (Wildman–Crippen LogP) is 2.77. The number of likely N-dealkylation sites (tertiary alicyclic amines) is 1. The largest absolute Gasteiger partial charge is 0.507 e. The number of ether oxygens (including phenoxy) is 4. The Morgan fingerprint density at radius 2 is 1.69 bits per heavy atom. The molecule has 1 N–H and O–H groups in total. The van der Waals surface area contributed by atoms with Gasteiger partial charge in [0.25, 0.3) is 11.7 Å². The molecule has 0 radical (unpaired) electrons. The van der Waals surface area contributed by atoms with Crippen LogP contribution in [0.1, 0.15) is 22.7 Å². The summed E-state index contributed by atoms with van der Waals surface area (Å²) in [6, 6.07) is 9.52. The molecular formula is C27H32N2O7. The highest BCUT2D eigenvalue weighted by molar-refractivity contribution is 6.46. The van der Waals surface area contributed by atoms with Crippen molar-refractivity contribution in [3.63, 3.8) is 0 Å². The molecule has 9 heteroatoms. The number of aryl methyl sites for hydroxylation is 1. The first kappa shape index (κ1) is 25.5. The first-order chi connectivity index (χ1) is 17.4. The molecule has 2 heterocycles. The molecule has 2 aromatic rings. The summed E-state index contributed by atoms with van der Waals surface area (Å²) in [5.74, 6) is 0.0616. The van der Waals surface area contributed by atoms with Crippen LogP contribution in [-0.4, -0.2) is 87.3 Å². The summed E-state index contributed by atoms with van der Waals surface area (Å²) in [6.07, 6.45) is 0. The molecule has 1 atom stereocenters. The molecule has 36 heavy (non-hydrogen) atoms. The number of aliphatic hydroxyl groups is 1. The van der Waals surface area contributed by atoms with Gasteiger partial charge in [-0.3, -0.25) is 14.5 Å². The molecule has 0 bridgehead atoms. The summed E-state index contributed by atoms with van der Waals surface area (Å²) in [6.45, 7) is 5.50. The summed E-state index contributed by atoms with van der Waals surface area (Å²) in [7, 11) is 4.64. The lowest BCUT2D eigenvalue weighted by Gasteiger charge is -2.31. The van der Waals surface area contributed by atoms with Gasteiger partial charge in [0, 0.05) is 43.4 Å². The third kappa shape index (κ3) is 4.89. The van der Waals surface area contributed by atoms with Gasteiger partial charge in [-0.1, -0.05) is 0 Å². The fourth-order valence-corrected chi connectivity index (χ4v) is 4.73. The van der Waals surface area contributed by atoms with Crippen molar-refractivity contribution in [1.29, 1.82) is 0 Å². The summed E-state index contributed by atoms with van der Waals surface area (Å²) < 4.78 is 21.7. The van der Waals surface area contributed by atoms with Crippen LogP contribution < -0.4 is 14.2 Å². The Bertz CT molecular complexity index is 1170. The average Bonchev–Trinajstić information content (AvgIpc) is 3.16. The van der Waals surface area contributed by atoms with Crippen molar-refractivity contribution in [2.24, 2.45) is 0 Å². The highest BCUT2D eigenvalue weighted by Gasteiger charge is 2.47. The summed E-state index contributed by atoms with van der Waals surface area (Å²) in [4.78, 5) is 30.4. The van der Waals surface area contributed by atoms with Crippen LogP contribution in [0.25, 0.3) is 5.76 Å². The number of carbonyl (C=O) groups is 2. The Kier molecular flexibility index (Phi) is 7.81. The summed E-state index contributed by atoms with van der Waals surface area (Å²) in [5.41, 5.74) is 1.83. The van der Waals surface area contributed by atoms with Crippen molar-refractivity contribution >= 4 is 17.4 Å². The van der Waals surface area contributed by atoms with Crippen LogP contribution in [0.5, 0.6) is 17.2 Å². The van der Waals surface area contributed by atoms with Crippen molar-refractivity contribution in [1.82, 2.24) is 9.80 Å². The standard InChI is InChI=1S/C27H32N2O7/c1-17-15-18(5-8-21(17)34-3)25(30)23-24(20-7-6-19(33-2)16-22(20)35-4)29(27(32)26(23)31)10-9-28-11-13-36-14-12-28/h5-8,15-16,24,30H,9-14H2,1-4H3/b25-23+. The van der Waals surface area contributed by atoms with Crippen molar-refractivity contribution in [2.45, 2.75) is 13.0 Å². The van der Waals surface area contributed by atoms with E-state index in [1.807, 2.05) is 6.92 Å². The Morgan fingerprint density at radius 3 is 2.33 bits per heavy atom. The normalized spacial score (nSPS) is 20.0. The zero-order valence-corrected chi connectivity index (χ0v) is 21.1. The van der Waals surface area contributed by atoms with E-state index in [1.165, 1.54) is 12.0 Å². The van der Waals surface area contributed by atoms with E-state index < -0.39 is 17.7 Å². The number of carbonyl (C=O) groups excluding carboxylic acids is 2. The molecule has 0 spiro atoms. The lowest BCUT2D eigenvalue weighted by atomic mass is 9.94. The van der Waals surface area contributed by atoms with Gasteiger partial charge in [-0.25, -0.2) is 0 Å². The number of hydrogen-bond acceptors (Lipinski definition) is 8. The van der Waals surface area contributed by atoms with Gasteiger partial charge in [0.2, 0.25) is 0 Å². The first-order valence-electron chi connectivity index (χ1n) is 11.8. The van der Waals surface area contributed by atoms with Gasteiger partial charge in [0.15, 0.2) is 0 Å². The van der Waals surface area contributed by atoms with Crippen molar-refractivity contribution in [3.8, 4) is 17.2 Å². The minimum Gasteiger partial charge on any atom is -0.507 e. The highest BCUT2D eigenvalue weighted by atomic mass is 16.5. The van der Waals surface area contributed by atoms with Gasteiger partial charge in [-0.15, -0.1) is 0 Å². The molecule has 2 aromatic carbocycles. The van der Waals surface area contributed by atoms with E-state index in [-0.39, 0.29) is 11.3 Å². The van der Waals surface area contributed by atoms with Crippen LogP contribution in [0.4, 0.5) is 0 Å². The van der Waals surface area contributed by atoms with Crippen molar-refractivity contribution in [3.05, 3.63) is 58.7 Å². The number of rotatable bonds is 8. The maximum absolute atomic E-state index is 13.4. The number of methoxy groups -OCH3 is 3. The molecule has 1 unspecified atom stereocenters. The maximum Gasteiger partial charge on any atom is 0.295 e. The Hall–Kier alpha value is -3.56. The lowest BCUT2D eigenvalue weighted by Crippen LogP contribution is -2.42. The second-order valence-electron chi connectivity index (χ2n) is 8.74. The predicted molar refractivity (Wildman–Crippen MR) is 134 cm³/mol. The minimum atomic E-state index is -0.825. The highest BCUT2D eigenvalue weighted by Crippen LogP contribution is 2.43. The van der Waals surface area contributed by atoms with Crippen LogP contribution in [0, 0.1) is 6.92 Å². The van der Waals surface area contributed by atoms with Crippen molar-refractivity contribution in [2.75, 3.05) is 60.7 Å². The Labute approximate surface area is 210 Å². The smallest absolute Gasteiger partial charge is 0.295 e. The molecule has 2 fully saturated rings. The Balaban J connectivity index is 1.81. The topological polar surface area (TPSA) is 97.8 Å². The van der Waals surface area contributed by atoms with E-state index in [2.05, 4.69) is 4.90 Å². The first-order valence-corrected chi connectivity index (χ1v) is 11.8. The number of hydrogen-bond donors (Lipinski definition) is 1. The SMILES string of the molecule is COc1ccc(C2/C(=C(\O)c3ccc(OC)c(C)c3)C(=O)C(=O)N2CCN2CCOCC2)c(OC)c1. The van der Waals surface area contributed by atoms with E-state index in [1.54, 1.807) is 50.6 Å². The van der Waals surface area contributed by atoms with Gasteiger partial charge in [0.1, 0.15) is 23.0 Å². The number of benzene rings is 2. The fourth-order valence-electron chi connectivity index (χ4n) is 4.73. The number of Topliss-reactive ketones (excluding diaryl/α,β-unsaturated/α-hetero) is 1. The molecule has 2 saturated heterocycles. The summed E-state index contributed by atoms with van der Waals surface area (Å²) >= 11 is 0. The van der Waals surface area contributed by atoms with Crippen LogP contribution in [-0.2, 0) is 14.3 Å². The van der Waals surface area contributed by atoms with Gasteiger partial charge < -0.3 is 29.0 Å². The van der Waals surface area contributed by atoms with Gasteiger partial charge in [-0.2, -0.15) is 0 Å². The van der Waals surface area contributed by atoms with E-state index in [4.69, 9.17) is 18.9 Å². The molecule has 0 aromatic heterocycles. The zero-order chi connectivity index (χ0) is 25.8. The van der Waals surface area contributed by atoms with Crippen LogP contribution in [0.2, 0.25) is 0 Å². The third-order valence-corrected chi connectivity index (χ3v) is 6.70. The zero-order valence-electron chi connectivity index (χ0n) is 21.1. The second-order valence-corrected chi connectivity index (χ2v) is 8.74. The van der Waals surface area contributed by atoms with Crippen molar-refractivity contribution < 1.29 is 33.6 Å². The fraction of sp³-hybridized carbons (Fsp3) is 0.407. The van der Waals surface area contributed by atoms with Crippen LogP contribution in [0.15, 0.2) is 42.0 Å². The monoisotopic (exact) mass is 496 g/mol. The van der Waals surface area contributed by atoms with Crippen LogP contribution in [0.3, 0.4) is 0 Å². The van der Waals surface area contributed by atoms with Crippen LogP contribution >= 0.6 is 0 Å². The van der Waals surface area contributed by atoms with E-state index in [0.29, 0.717) is 54.7 Å². The molecule has 192 valence electrons. The Morgan fingerprint density at radius 1 is 0.972 bits per heavy atom. The molecule has 4 rings (SSSR count). The molecule has 0 aliphatic carbocycles. The molecule has 0 saturated carbocycles. The quantitative estimate of drug-likeness (QED) is 0.339. The van der Waals surface area contributed by atoms with Gasteiger partial charge in [-0.05, 0) is 42.8 Å². The molecule has 9 nitrogen and oxygen atoms in total. The number of ketones is 1. The lowest BCUT2D eigenvalue weighted by molar-refractivity contribution is -0.140. The average molecular weight is 497 g/mol. The minimum absolute atomic E-state index is 0.0232. The van der Waals surface area contributed by atoms with E-state index in [0.717, 1.165) is 18.7 Å². The molecule has 2 aliphatic rings. The van der Waals surface area contributed by atoms with Gasteiger partial charge in [0.05, 0.1) is 46.2 Å². The molecular weight excluding hydrogens is 464 g/mol. The second kappa shape index (κ2) is 11.0. The van der Waals surface area contributed by atoms with Gasteiger partial charge >= 0.3 is 0 Å². The van der Waals surface area contributed by atoms with E-state index in [9.17, 15) is 14.7 Å².